The van der Waals surface area contributed by atoms with Gasteiger partial charge in [0.15, 0.2) is 14.0 Å². The summed E-state index contributed by atoms with van der Waals surface area (Å²) in [7, 11) is -4.14. The molecule has 31 heavy (non-hydrogen) atoms. The second-order valence-corrected chi connectivity index (χ2v) is 20.3. The monoisotopic (exact) mass is 465 g/mol. The molecular formula is C23H39NO5Si2. The summed E-state index contributed by atoms with van der Waals surface area (Å²) in [5.41, 5.74) is 0.962. The highest BCUT2D eigenvalue weighted by Gasteiger charge is 2.39. The first-order chi connectivity index (χ1) is 14.0. The first-order valence-corrected chi connectivity index (χ1v) is 17.1. The van der Waals surface area contributed by atoms with Crippen molar-refractivity contribution >= 4 is 33.5 Å². The Morgan fingerprint density at radius 1 is 1.19 bits per heavy atom. The maximum Gasteiger partial charge on any atom is 0.357 e. The SMILES string of the molecule is C/C=C\C(C)=C\[C@H](CC(=O)Cc1nc(C(=O)O)c([Si](C)(C)C)o1)O[Si](C)(C)C(C)(C)C. The predicted octanol–water partition coefficient (Wildman–Crippen LogP) is 5.33. The molecular weight excluding hydrogens is 426 g/mol. The number of oxazole rings is 1. The summed E-state index contributed by atoms with van der Waals surface area (Å²) in [6.45, 7) is 20.7. The number of rotatable bonds is 10. The van der Waals surface area contributed by atoms with E-state index in [0.717, 1.165) is 5.57 Å². The van der Waals surface area contributed by atoms with Crippen LogP contribution in [0.1, 0.15) is 57.4 Å². The van der Waals surface area contributed by atoms with E-state index in [2.05, 4.69) is 38.8 Å². The molecule has 1 rings (SSSR count). The van der Waals surface area contributed by atoms with Gasteiger partial charge in [0.2, 0.25) is 5.89 Å². The zero-order valence-corrected chi connectivity index (χ0v) is 22.8. The Balaban J connectivity index is 3.12. The normalized spacial score (nSPS) is 14.8. The smallest absolute Gasteiger partial charge is 0.357 e. The summed E-state index contributed by atoms with van der Waals surface area (Å²) in [6.07, 6.45) is 5.72. The lowest BCUT2D eigenvalue weighted by Gasteiger charge is -2.38. The van der Waals surface area contributed by atoms with Crippen LogP contribution >= 0.6 is 0 Å². The third-order valence-electron chi connectivity index (χ3n) is 5.46. The number of aromatic nitrogens is 1. The second-order valence-electron chi connectivity index (χ2n) is 10.6. The first-order valence-electron chi connectivity index (χ1n) is 10.7. The number of carboxylic acids is 1. The molecule has 0 saturated carbocycles. The van der Waals surface area contributed by atoms with Crippen molar-refractivity contribution in [1.29, 1.82) is 0 Å². The molecule has 1 heterocycles. The highest BCUT2D eigenvalue weighted by atomic mass is 28.4. The summed E-state index contributed by atoms with van der Waals surface area (Å²) in [5.74, 6) is -1.04. The van der Waals surface area contributed by atoms with Crippen LogP contribution in [0.2, 0.25) is 37.8 Å². The summed E-state index contributed by atoms with van der Waals surface area (Å²) in [5, 5.41) is 9.89. The van der Waals surface area contributed by atoms with E-state index in [-0.39, 0.29) is 41.4 Å². The molecule has 0 spiro atoms. The topological polar surface area (TPSA) is 89.6 Å². The van der Waals surface area contributed by atoms with Crippen LogP contribution in [0.5, 0.6) is 0 Å². The molecule has 0 saturated heterocycles. The molecule has 1 N–H and O–H groups in total. The standard InChI is InChI=1S/C23H39NO5Si2/c1-11-12-16(2)13-18(29-31(9,10)23(3,4)5)14-17(25)15-19-24-20(21(26)27)22(28-19)30(6,7)8/h11-13,18H,14-15H2,1-10H3,(H,26,27)/b12-11-,16-13+/t18-/m1/s1. The maximum atomic E-state index is 12.9. The van der Waals surface area contributed by atoms with E-state index in [1.807, 2.05) is 51.7 Å². The van der Waals surface area contributed by atoms with Crippen LogP contribution in [-0.4, -0.2) is 44.3 Å². The minimum atomic E-state index is -2.09. The van der Waals surface area contributed by atoms with Crippen molar-refractivity contribution in [3.63, 3.8) is 0 Å². The first kappa shape index (κ1) is 27.3. The molecule has 0 aliphatic rings. The van der Waals surface area contributed by atoms with Crippen molar-refractivity contribution in [2.45, 2.75) is 91.3 Å². The number of carbonyl (C=O) groups excluding carboxylic acids is 1. The third kappa shape index (κ3) is 8.01. The fourth-order valence-corrected chi connectivity index (χ4v) is 5.42. The van der Waals surface area contributed by atoms with Gasteiger partial charge in [-0.05, 0) is 32.0 Å². The van der Waals surface area contributed by atoms with Gasteiger partial charge in [-0.1, -0.05) is 64.2 Å². The average Bonchev–Trinajstić information content (AvgIpc) is 2.97. The molecule has 6 nitrogen and oxygen atoms in total. The van der Waals surface area contributed by atoms with Crippen LogP contribution in [0.4, 0.5) is 0 Å². The molecule has 0 aromatic carbocycles. The van der Waals surface area contributed by atoms with E-state index in [9.17, 15) is 14.7 Å². The molecule has 174 valence electrons. The van der Waals surface area contributed by atoms with E-state index in [4.69, 9.17) is 8.84 Å². The van der Waals surface area contributed by atoms with Gasteiger partial charge in [0.25, 0.3) is 0 Å². The lowest BCUT2D eigenvalue weighted by molar-refractivity contribution is -0.119. The van der Waals surface area contributed by atoms with Gasteiger partial charge in [-0.3, -0.25) is 4.79 Å². The highest BCUT2D eigenvalue weighted by Crippen LogP contribution is 2.38. The van der Waals surface area contributed by atoms with E-state index >= 15 is 0 Å². The zero-order chi connectivity index (χ0) is 24.2. The Morgan fingerprint density at radius 2 is 1.77 bits per heavy atom. The Hall–Kier alpha value is -1.78. The van der Waals surface area contributed by atoms with Gasteiger partial charge in [0.1, 0.15) is 19.2 Å². The fraction of sp³-hybridized carbons (Fsp3) is 0.609. The molecule has 8 heteroatoms. The van der Waals surface area contributed by atoms with Gasteiger partial charge in [-0.2, -0.15) is 0 Å². The molecule has 0 unspecified atom stereocenters. The summed E-state index contributed by atoms with van der Waals surface area (Å²) < 4.78 is 12.3. The van der Waals surface area contributed by atoms with E-state index in [1.165, 1.54) is 0 Å². The molecule has 0 amide bonds. The number of nitrogens with zero attached hydrogens (tertiary/aromatic N) is 1. The predicted molar refractivity (Wildman–Crippen MR) is 130 cm³/mol. The van der Waals surface area contributed by atoms with Gasteiger partial charge in [-0.15, -0.1) is 0 Å². The van der Waals surface area contributed by atoms with Crippen LogP contribution < -0.4 is 5.38 Å². The lowest BCUT2D eigenvalue weighted by Crippen LogP contribution is -2.44. The molecule has 1 atom stereocenters. The lowest BCUT2D eigenvalue weighted by atomic mass is 10.1. The van der Waals surface area contributed by atoms with Gasteiger partial charge in [0, 0.05) is 6.42 Å². The minimum Gasteiger partial charge on any atom is -0.476 e. The number of carbonyl (C=O) groups is 2. The Morgan fingerprint density at radius 3 is 2.19 bits per heavy atom. The van der Waals surface area contributed by atoms with E-state index in [0.29, 0.717) is 5.38 Å². The van der Waals surface area contributed by atoms with Crippen molar-refractivity contribution in [3.05, 3.63) is 35.4 Å². The second kappa shape index (κ2) is 10.2. The maximum absolute atomic E-state index is 12.9. The van der Waals surface area contributed by atoms with Gasteiger partial charge < -0.3 is 13.9 Å². The largest absolute Gasteiger partial charge is 0.476 e. The molecule has 0 aliphatic carbocycles. The number of allylic oxidation sites excluding steroid dienone is 3. The number of carboxylic acid groups (broad SMARTS) is 1. The number of ketones is 1. The number of hydrogen-bond donors (Lipinski definition) is 1. The third-order valence-corrected chi connectivity index (χ3v) is 11.7. The zero-order valence-electron chi connectivity index (χ0n) is 20.8. The van der Waals surface area contributed by atoms with Crippen molar-refractivity contribution in [2.75, 3.05) is 0 Å². The summed E-state index contributed by atoms with van der Waals surface area (Å²) in [6, 6.07) is 0. The highest BCUT2D eigenvalue weighted by molar-refractivity contribution is 6.88. The molecule has 0 radical (unpaired) electrons. The van der Waals surface area contributed by atoms with Crippen LogP contribution in [0.3, 0.4) is 0 Å². The molecule has 1 aromatic heterocycles. The van der Waals surface area contributed by atoms with Crippen LogP contribution in [-0.2, 0) is 15.6 Å². The van der Waals surface area contributed by atoms with Gasteiger partial charge >= 0.3 is 5.97 Å². The number of hydrogen-bond acceptors (Lipinski definition) is 5. The average molecular weight is 466 g/mol. The molecule has 0 bridgehead atoms. The molecule has 0 aliphatic heterocycles. The minimum absolute atomic E-state index is 0.0157. The van der Waals surface area contributed by atoms with Crippen molar-refractivity contribution in [3.8, 4) is 0 Å². The van der Waals surface area contributed by atoms with Gasteiger partial charge in [0.05, 0.1) is 12.5 Å². The van der Waals surface area contributed by atoms with Crippen molar-refractivity contribution < 1.29 is 23.5 Å². The Kier molecular flexibility index (Phi) is 8.99. The molecule has 1 aromatic rings. The van der Waals surface area contributed by atoms with Crippen LogP contribution in [0.15, 0.2) is 28.2 Å². The summed E-state index contributed by atoms with van der Waals surface area (Å²) in [4.78, 5) is 28.6. The van der Waals surface area contributed by atoms with Gasteiger partial charge in [-0.25, -0.2) is 9.78 Å². The fourth-order valence-electron chi connectivity index (χ4n) is 2.86. The van der Waals surface area contributed by atoms with Crippen LogP contribution in [0, 0.1) is 0 Å². The number of aromatic carboxylic acids is 1. The van der Waals surface area contributed by atoms with E-state index in [1.54, 1.807) is 0 Å². The van der Waals surface area contributed by atoms with Crippen molar-refractivity contribution in [1.82, 2.24) is 4.98 Å². The Labute approximate surface area is 188 Å². The number of Topliss-reactive ketones (excluding diaryl/α,β-unsaturated/α-hetero) is 1. The quantitative estimate of drug-likeness (QED) is 0.371. The Bertz CT molecular complexity index is 854. The van der Waals surface area contributed by atoms with Crippen molar-refractivity contribution in [2.24, 2.45) is 0 Å². The molecule has 0 fully saturated rings. The van der Waals surface area contributed by atoms with Crippen LogP contribution in [0.25, 0.3) is 0 Å². The van der Waals surface area contributed by atoms with E-state index < -0.39 is 22.4 Å². The summed E-state index contributed by atoms with van der Waals surface area (Å²) >= 11 is 0.